The Balaban J connectivity index is 2.03. The minimum atomic E-state index is 0.0898. The summed E-state index contributed by atoms with van der Waals surface area (Å²) in [6.45, 7) is 9.13. The first kappa shape index (κ1) is 13.4. The standard InChI is InChI=1S/C15H22N4O/c1-4-20-12-6-5-11-13(18-12)19-14(17-11)15(10(2)3)7-8-16-9-15/h5-6,10,16H,4,7-9H2,1-3H3,(H,17,18,19). The number of nitrogens with zero attached hydrogens (tertiary/aromatic N) is 2. The minimum Gasteiger partial charge on any atom is -0.478 e. The zero-order chi connectivity index (χ0) is 14.2. The van der Waals surface area contributed by atoms with Gasteiger partial charge < -0.3 is 15.0 Å². The summed E-state index contributed by atoms with van der Waals surface area (Å²) in [4.78, 5) is 12.7. The molecule has 1 atom stereocenters. The molecule has 0 aromatic carbocycles. The third-order valence-electron chi connectivity index (χ3n) is 4.38. The van der Waals surface area contributed by atoms with Gasteiger partial charge >= 0.3 is 0 Å². The molecular formula is C15H22N4O. The van der Waals surface area contributed by atoms with E-state index >= 15 is 0 Å². The molecule has 20 heavy (non-hydrogen) atoms. The second-order valence-corrected chi connectivity index (χ2v) is 5.78. The maximum absolute atomic E-state index is 5.44. The van der Waals surface area contributed by atoms with Gasteiger partial charge in [0.1, 0.15) is 5.82 Å². The van der Waals surface area contributed by atoms with Crippen molar-refractivity contribution in [2.75, 3.05) is 19.7 Å². The van der Waals surface area contributed by atoms with Crippen LogP contribution in [0.5, 0.6) is 5.88 Å². The molecule has 1 aliphatic heterocycles. The first-order valence-corrected chi connectivity index (χ1v) is 7.36. The van der Waals surface area contributed by atoms with Gasteiger partial charge in [0, 0.05) is 18.0 Å². The Labute approximate surface area is 119 Å². The van der Waals surface area contributed by atoms with E-state index in [0.29, 0.717) is 18.4 Å². The summed E-state index contributed by atoms with van der Waals surface area (Å²) in [5.74, 6) is 2.22. The van der Waals surface area contributed by atoms with Crippen molar-refractivity contribution >= 4 is 11.2 Å². The lowest BCUT2D eigenvalue weighted by Crippen LogP contribution is -2.35. The summed E-state index contributed by atoms with van der Waals surface area (Å²) in [7, 11) is 0. The number of ether oxygens (including phenoxy) is 1. The van der Waals surface area contributed by atoms with Crippen LogP contribution in [-0.2, 0) is 5.41 Å². The highest BCUT2D eigenvalue weighted by atomic mass is 16.5. The number of rotatable bonds is 4. The van der Waals surface area contributed by atoms with Crippen LogP contribution < -0.4 is 10.1 Å². The molecule has 0 spiro atoms. The molecule has 1 unspecified atom stereocenters. The first-order valence-electron chi connectivity index (χ1n) is 7.36. The molecule has 3 rings (SSSR count). The van der Waals surface area contributed by atoms with Gasteiger partial charge in [-0.1, -0.05) is 13.8 Å². The highest BCUT2D eigenvalue weighted by Gasteiger charge is 2.41. The lowest BCUT2D eigenvalue weighted by molar-refractivity contribution is 0.320. The summed E-state index contributed by atoms with van der Waals surface area (Å²) in [5, 5.41) is 3.46. The number of pyridine rings is 1. The van der Waals surface area contributed by atoms with Crippen molar-refractivity contribution in [3.63, 3.8) is 0 Å². The van der Waals surface area contributed by atoms with Crippen molar-refractivity contribution < 1.29 is 4.74 Å². The minimum absolute atomic E-state index is 0.0898. The smallest absolute Gasteiger partial charge is 0.215 e. The monoisotopic (exact) mass is 274 g/mol. The molecule has 0 amide bonds. The fraction of sp³-hybridized carbons (Fsp3) is 0.600. The number of imidazole rings is 1. The second-order valence-electron chi connectivity index (χ2n) is 5.78. The summed E-state index contributed by atoms with van der Waals surface area (Å²) in [6.07, 6.45) is 1.11. The van der Waals surface area contributed by atoms with Gasteiger partial charge in [-0.2, -0.15) is 4.98 Å². The topological polar surface area (TPSA) is 62.8 Å². The normalized spacial score (nSPS) is 22.8. The average molecular weight is 274 g/mol. The predicted octanol–water partition coefficient (Wildman–Crippen LogP) is 2.24. The van der Waals surface area contributed by atoms with E-state index in [-0.39, 0.29) is 5.41 Å². The van der Waals surface area contributed by atoms with Crippen molar-refractivity contribution in [1.29, 1.82) is 0 Å². The molecular weight excluding hydrogens is 252 g/mol. The predicted molar refractivity (Wildman–Crippen MR) is 79.1 cm³/mol. The van der Waals surface area contributed by atoms with E-state index in [1.54, 1.807) is 0 Å². The Morgan fingerprint density at radius 3 is 2.85 bits per heavy atom. The lowest BCUT2D eigenvalue weighted by Gasteiger charge is -2.30. The summed E-state index contributed by atoms with van der Waals surface area (Å²) < 4.78 is 5.44. The first-order chi connectivity index (χ1) is 9.65. The van der Waals surface area contributed by atoms with Crippen LogP contribution in [0.4, 0.5) is 0 Å². The highest BCUT2D eigenvalue weighted by Crippen LogP contribution is 2.37. The summed E-state index contributed by atoms with van der Waals surface area (Å²) in [6, 6.07) is 3.89. The van der Waals surface area contributed by atoms with E-state index in [2.05, 4.69) is 29.1 Å². The van der Waals surface area contributed by atoms with Crippen LogP contribution in [0.25, 0.3) is 11.2 Å². The molecule has 5 heteroatoms. The van der Waals surface area contributed by atoms with Crippen LogP contribution in [0.2, 0.25) is 0 Å². The van der Waals surface area contributed by atoms with E-state index in [4.69, 9.17) is 9.72 Å². The Bertz CT molecular complexity index is 599. The quantitative estimate of drug-likeness (QED) is 0.897. The number of hydrogen-bond acceptors (Lipinski definition) is 4. The molecule has 0 saturated carbocycles. The molecule has 5 nitrogen and oxygen atoms in total. The Hall–Kier alpha value is -1.62. The molecule has 1 saturated heterocycles. The number of H-pyrrole nitrogens is 1. The van der Waals surface area contributed by atoms with Crippen molar-refractivity contribution in [3.05, 3.63) is 18.0 Å². The van der Waals surface area contributed by atoms with Gasteiger partial charge in [-0.05, 0) is 31.9 Å². The van der Waals surface area contributed by atoms with Gasteiger partial charge in [-0.25, -0.2) is 4.98 Å². The molecule has 2 N–H and O–H groups in total. The zero-order valence-electron chi connectivity index (χ0n) is 12.4. The van der Waals surface area contributed by atoms with Crippen LogP contribution in [0.1, 0.15) is 33.0 Å². The van der Waals surface area contributed by atoms with Crippen molar-refractivity contribution in [2.45, 2.75) is 32.6 Å². The zero-order valence-corrected chi connectivity index (χ0v) is 12.4. The van der Waals surface area contributed by atoms with E-state index in [0.717, 1.165) is 36.5 Å². The highest BCUT2D eigenvalue weighted by molar-refractivity contribution is 5.71. The largest absolute Gasteiger partial charge is 0.478 e. The van der Waals surface area contributed by atoms with Crippen LogP contribution in [0.15, 0.2) is 12.1 Å². The van der Waals surface area contributed by atoms with E-state index in [1.807, 2.05) is 19.1 Å². The number of aromatic nitrogens is 3. The van der Waals surface area contributed by atoms with Gasteiger partial charge in [0.25, 0.3) is 0 Å². The summed E-state index contributed by atoms with van der Waals surface area (Å²) >= 11 is 0. The van der Waals surface area contributed by atoms with Crippen molar-refractivity contribution in [3.8, 4) is 5.88 Å². The summed E-state index contributed by atoms with van der Waals surface area (Å²) in [5.41, 5.74) is 1.82. The number of fused-ring (bicyclic) bond motifs is 1. The molecule has 0 bridgehead atoms. The Kier molecular flexibility index (Phi) is 3.38. The van der Waals surface area contributed by atoms with E-state index < -0.39 is 0 Å². The number of hydrogen-bond donors (Lipinski definition) is 2. The maximum Gasteiger partial charge on any atom is 0.215 e. The lowest BCUT2D eigenvalue weighted by atomic mass is 9.76. The molecule has 2 aromatic rings. The second kappa shape index (κ2) is 5.05. The number of aromatic amines is 1. The van der Waals surface area contributed by atoms with Crippen molar-refractivity contribution in [2.24, 2.45) is 5.92 Å². The van der Waals surface area contributed by atoms with Gasteiger partial charge in [-0.3, -0.25) is 0 Å². The number of nitrogens with one attached hydrogen (secondary N) is 2. The van der Waals surface area contributed by atoms with E-state index in [9.17, 15) is 0 Å². The molecule has 0 radical (unpaired) electrons. The molecule has 2 aromatic heterocycles. The van der Waals surface area contributed by atoms with Gasteiger partial charge in [0.2, 0.25) is 5.88 Å². The van der Waals surface area contributed by atoms with Crippen LogP contribution in [0, 0.1) is 5.92 Å². The third kappa shape index (κ3) is 2.06. The van der Waals surface area contributed by atoms with Crippen LogP contribution >= 0.6 is 0 Å². The van der Waals surface area contributed by atoms with Crippen LogP contribution in [-0.4, -0.2) is 34.6 Å². The molecule has 3 heterocycles. The van der Waals surface area contributed by atoms with Crippen LogP contribution in [0.3, 0.4) is 0 Å². The third-order valence-corrected chi connectivity index (χ3v) is 4.38. The molecule has 1 aliphatic rings. The Morgan fingerprint density at radius 1 is 1.35 bits per heavy atom. The maximum atomic E-state index is 5.44. The molecule has 108 valence electrons. The van der Waals surface area contributed by atoms with Crippen molar-refractivity contribution in [1.82, 2.24) is 20.3 Å². The fourth-order valence-electron chi connectivity index (χ4n) is 3.02. The van der Waals surface area contributed by atoms with Gasteiger partial charge in [0.15, 0.2) is 5.65 Å². The van der Waals surface area contributed by atoms with Gasteiger partial charge in [-0.15, -0.1) is 0 Å². The van der Waals surface area contributed by atoms with E-state index in [1.165, 1.54) is 0 Å². The fourth-order valence-corrected chi connectivity index (χ4v) is 3.02. The molecule has 1 fully saturated rings. The Morgan fingerprint density at radius 2 is 2.20 bits per heavy atom. The molecule has 0 aliphatic carbocycles. The average Bonchev–Trinajstić information content (AvgIpc) is 3.05. The van der Waals surface area contributed by atoms with Gasteiger partial charge in [0.05, 0.1) is 12.1 Å². The SMILES string of the molecule is CCOc1ccc2[nH]c(C3(C(C)C)CCNC3)nc2n1.